The van der Waals surface area contributed by atoms with Crippen molar-refractivity contribution in [1.29, 1.82) is 0 Å². The van der Waals surface area contributed by atoms with Gasteiger partial charge in [-0.05, 0) is 18.2 Å². The maximum Gasteiger partial charge on any atom is 0.269 e. The summed E-state index contributed by atoms with van der Waals surface area (Å²) in [4.78, 5) is 15.6. The van der Waals surface area contributed by atoms with Gasteiger partial charge in [0, 0.05) is 20.9 Å². The van der Waals surface area contributed by atoms with Crippen molar-refractivity contribution in [3.8, 4) is 0 Å². The molecule has 2 aromatic rings. The van der Waals surface area contributed by atoms with E-state index in [1.807, 2.05) is 0 Å². The second-order valence-electron chi connectivity index (χ2n) is 5.93. The Labute approximate surface area is 118 Å². The zero-order chi connectivity index (χ0) is 14.8. The van der Waals surface area contributed by atoms with Crippen molar-refractivity contribution in [3.63, 3.8) is 0 Å². The van der Waals surface area contributed by atoms with Gasteiger partial charge in [-0.25, -0.2) is 9.67 Å². The molecule has 0 radical (unpaired) electrons. The lowest BCUT2D eigenvalue weighted by molar-refractivity contribution is 0.0804. The first-order valence-electron chi connectivity index (χ1n) is 6.57. The minimum Gasteiger partial charge on any atom is -0.364 e. The molecule has 0 atom stereocenters. The van der Waals surface area contributed by atoms with Crippen LogP contribution in [0.1, 0.15) is 10.5 Å². The van der Waals surface area contributed by atoms with Crippen LogP contribution in [0.25, 0.3) is 11.0 Å². The third kappa shape index (κ3) is 3.43. The fraction of sp³-hybridized carbons (Fsp3) is 0.462. The van der Waals surface area contributed by atoms with Crippen molar-refractivity contribution in [2.75, 3.05) is 6.61 Å². The number of ether oxygens (including phenoxy) is 1. The van der Waals surface area contributed by atoms with Crippen molar-refractivity contribution in [1.82, 2.24) is 14.8 Å². The highest BCUT2D eigenvalue weighted by Crippen LogP contribution is 2.16. The van der Waals surface area contributed by atoms with E-state index in [0.717, 1.165) is 6.04 Å². The van der Waals surface area contributed by atoms with Crippen LogP contribution in [0.5, 0.6) is 0 Å². The van der Waals surface area contributed by atoms with Gasteiger partial charge in [-0.2, -0.15) is 5.10 Å². The van der Waals surface area contributed by atoms with Gasteiger partial charge in [-0.3, -0.25) is 4.79 Å². The van der Waals surface area contributed by atoms with Crippen LogP contribution in [0.3, 0.4) is 0 Å². The Morgan fingerprint density at radius 1 is 1.45 bits per heavy atom. The summed E-state index contributed by atoms with van der Waals surface area (Å²) in [6, 6.07) is 4.63. The molecule has 6 nitrogen and oxygen atoms in total. The molecule has 0 aliphatic carbocycles. The van der Waals surface area contributed by atoms with E-state index in [1.165, 1.54) is 0 Å². The monoisotopic (exact) mass is 292 g/mol. The van der Waals surface area contributed by atoms with Gasteiger partial charge in [0.2, 0.25) is 0 Å². The third-order valence-corrected chi connectivity index (χ3v) is 4.65. The Balaban J connectivity index is 2.12. The maximum absolute atomic E-state index is 11.4. The summed E-state index contributed by atoms with van der Waals surface area (Å²) in [5.41, 5.74) is 6.18. The number of nitrogens with zero attached hydrogens (tertiary/aromatic N) is 3. The smallest absolute Gasteiger partial charge is 0.269 e. The Bertz CT molecular complexity index is 618. The van der Waals surface area contributed by atoms with Crippen LogP contribution in [0.4, 0.5) is 0 Å². The Morgan fingerprint density at radius 3 is 2.85 bits per heavy atom. The van der Waals surface area contributed by atoms with E-state index < -0.39 is 14.0 Å². The normalized spacial score (nSPS) is 11.9. The topological polar surface area (TPSA) is 83.0 Å². The van der Waals surface area contributed by atoms with E-state index in [0.29, 0.717) is 17.6 Å². The van der Waals surface area contributed by atoms with E-state index in [9.17, 15) is 4.79 Å². The van der Waals surface area contributed by atoms with Crippen LogP contribution in [-0.4, -0.2) is 35.4 Å². The van der Waals surface area contributed by atoms with Crippen molar-refractivity contribution in [3.05, 3.63) is 24.0 Å². The fourth-order valence-electron chi connectivity index (χ4n) is 1.81. The molecule has 2 rings (SSSR count). The maximum atomic E-state index is 11.4. The lowest BCUT2D eigenvalue weighted by atomic mass is 10.2. The molecule has 0 saturated carbocycles. The van der Waals surface area contributed by atoms with Gasteiger partial charge in [-0.15, -0.1) is 0 Å². The summed E-state index contributed by atoms with van der Waals surface area (Å²) in [5.74, 6) is -0.552. The summed E-state index contributed by atoms with van der Waals surface area (Å²) in [7, 11) is -1.11. The largest absolute Gasteiger partial charge is 0.364 e. The third-order valence-electron chi connectivity index (χ3n) is 2.95. The highest BCUT2D eigenvalue weighted by Gasteiger charge is 2.16. The summed E-state index contributed by atoms with van der Waals surface area (Å²) in [5, 5.41) is 4.85. The van der Waals surface area contributed by atoms with Crippen LogP contribution in [0, 0.1) is 0 Å². The second kappa shape index (κ2) is 5.72. The van der Waals surface area contributed by atoms with Gasteiger partial charge in [0.05, 0.1) is 5.39 Å². The fourth-order valence-corrected chi connectivity index (χ4v) is 2.57. The van der Waals surface area contributed by atoms with Crippen LogP contribution in [-0.2, 0) is 11.5 Å². The van der Waals surface area contributed by atoms with Crippen LogP contribution >= 0.6 is 0 Å². The molecule has 0 aromatic carbocycles. The molecule has 2 heterocycles. The quantitative estimate of drug-likeness (QED) is 0.650. The number of aromatic nitrogens is 3. The van der Waals surface area contributed by atoms with E-state index in [1.54, 1.807) is 23.0 Å². The number of carbonyl (C=O) groups excluding carboxylic acids is 1. The van der Waals surface area contributed by atoms with Crippen molar-refractivity contribution >= 4 is 25.0 Å². The van der Waals surface area contributed by atoms with Crippen molar-refractivity contribution in [2.24, 2.45) is 5.73 Å². The van der Waals surface area contributed by atoms with Crippen LogP contribution in [0.15, 0.2) is 18.3 Å². The molecular weight excluding hydrogens is 272 g/mol. The molecule has 0 spiro atoms. The molecule has 1 amide bonds. The van der Waals surface area contributed by atoms with Gasteiger partial charge in [0.15, 0.2) is 11.3 Å². The molecular formula is C13H20N4O2Si. The number of hydrogen-bond acceptors (Lipinski definition) is 4. The standard InChI is InChI=1S/C13H20N4O2Si/c1-20(2,3)8-7-19-9-17-13-10(5-4-6-15-13)11(16-17)12(14)18/h4-6H,7-9H2,1-3H3,(H2,14,18). The Hall–Kier alpha value is -1.73. The van der Waals surface area contributed by atoms with E-state index >= 15 is 0 Å². The molecule has 0 fully saturated rings. The first-order chi connectivity index (χ1) is 9.38. The highest BCUT2D eigenvalue weighted by atomic mass is 28.3. The van der Waals surface area contributed by atoms with Crippen molar-refractivity contribution < 1.29 is 9.53 Å². The zero-order valence-corrected chi connectivity index (χ0v) is 13.1. The minimum atomic E-state index is -1.11. The number of fused-ring (bicyclic) bond motifs is 1. The number of primary amides is 1. The summed E-state index contributed by atoms with van der Waals surface area (Å²) in [6.07, 6.45) is 1.66. The average Bonchev–Trinajstić information content (AvgIpc) is 2.73. The first-order valence-corrected chi connectivity index (χ1v) is 10.3. The van der Waals surface area contributed by atoms with Gasteiger partial charge in [0.25, 0.3) is 5.91 Å². The Morgan fingerprint density at radius 2 is 2.20 bits per heavy atom. The predicted octanol–water partition coefficient (Wildman–Crippen LogP) is 1.84. The molecule has 0 unspecified atom stereocenters. The van der Waals surface area contributed by atoms with E-state index in [2.05, 4.69) is 29.7 Å². The molecule has 2 N–H and O–H groups in total. The van der Waals surface area contributed by atoms with E-state index in [-0.39, 0.29) is 12.4 Å². The summed E-state index contributed by atoms with van der Waals surface area (Å²) >= 11 is 0. The predicted molar refractivity (Wildman–Crippen MR) is 80.2 cm³/mol. The minimum absolute atomic E-state index is 0.238. The van der Waals surface area contributed by atoms with Crippen LogP contribution in [0.2, 0.25) is 25.7 Å². The number of amides is 1. The Kier molecular flexibility index (Phi) is 4.19. The van der Waals surface area contributed by atoms with Crippen LogP contribution < -0.4 is 5.73 Å². The lowest BCUT2D eigenvalue weighted by Gasteiger charge is -2.15. The molecule has 20 heavy (non-hydrogen) atoms. The number of hydrogen-bond donors (Lipinski definition) is 1. The van der Waals surface area contributed by atoms with Gasteiger partial charge in [0.1, 0.15) is 6.73 Å². The molecule has 0 aliphatic rings. The second-order valence-corrected chi connectivity index (χ2v) is 11.6. The SMILES string of the molecule is C[Si](C)(C)CCOCn1nc(C(N)=O)c2cccnc21. The molecule has 2 aromatic heterocycles. The zero-order valence-electron chi connectivity index (χ0n) is 12.1. The van der Waals surface area contributed by atoms with Crippen molar-refractivity contribution in [2.45, 2.75) is 32.4 Å². The molecule has 7 heteroatoms. The molecule has 108 valence electrons. The van der Waals surface area contributed by atoms with Gasteiger partial charge >= 0.3 is 0 Å². The molecule has 0 saturated heterocycles. The molecule has 0 aliphatic heterocycles. The average molecular weight is 292 g/mol. The summed E-state index contributed by atoms with van der Waals surface area (Å²) in [6.45, 7) is 7.87. The van der Waals surface area contributed by atoms with Gasteiger partial charge < -0.3 is 10.5 Å². The van der Waals surface area contributed by atoms with Gasteiger partial charge in [-0.1, -0.05) is 19.6 Å². The first kappa shape index (κ1) is 14.7. The van der Waals surface area contributed by atoms with E-state index in [4.69, 9.17) is 10.5 Å². The number of nitrogens with two attached hydrogens (primary N) is 1. The highest BCUT2D eigenvalue weighted by molar-refractivity contribution is 6.76. The summed E-state index contributed by atoms with van der Waals surface area (Å²) < 4.78 is 7.22. The number of carbonyl (C=O) groups is 1. The lowest BCUT2D eigenvalue weighted by Crippen LogP contribution is -2.22. The number of pyridine rings is 1. The molecule has 0 bridgehead atoms. The number of rotatable bonds is 6.